The molecule has 0 saturated carbocycles. The summed E-state index contributed by atoms with van der Waals surface area (Å²) >= 11 is 0. The molecule has 0 heterocycles. The van der Waals surface area contributed by atoms with Crippen LogP contribution >= 0.6 is 0 Å². The smallest absolute Gasteiger partial charge is 0.497 e. The van der Waals surface area contributed by atoms with E-state index in [0.717, 1.165) is 12.1 Å². The fourth-order valence-electron chi connectivity index (χ4n) is 2.07. The Morgan fingerprint density at radius 2 is 1.57 bits per heavy atom. The van der Waals surface area contributed by atoms with Crippen LogP contribution in [-0.2, 0) is 0 Å². The van der Waals surface area contributed by atoms with E-state index in [-0.39, 0.29) is 11.1 Å². The summed E-state index contributed by atoms with van der Waals surface area (Å²) in [5.74, 6) is 0.453. The van der Waals surface area contributed by atoms with E-state index < -0.39 is 12.1 Å². The highest BCUT2D eigenvalue weighted by Crippen LogP contribution is 2.37. The Bertz CT molecular complexity index is 751. The first-order valence-corrected chi connectivity index (χ1v) is 6.40. The van der Waals surface area contributed by atoms with Crippen molar-refractivity contribution in [2.24, 2.45) is 0 Å². The third kappa shape index (κ3) is 3.86. The summed E-state index contributed by atoms with van der Waals surface area (Å²) in [7, 11) is 2.88. The second-order valence-corrected chi connectivity index (χ2v) is 4.43. The van der Waals surface area contributed by atoms with Crippen molar-refractivity contribution in [3.05, 3.63) is 42.0 Å². The molecule has 23 heavy (non-hydrogen) atoms. The second kappa shape index (κ2) is 6.48. The van der Waals surface area contributed by atoms with Gasteiger partial charge in [-0.1, -0.05) is 0 Å². The van der Waals surface area contributed by atoms with Gasteiger partial charge >= 0.3 is 6.36 Å². The second-order valence-electron chi connectivity index (χ2n) is 4.43. The van der Waals surface area contributed by atoms with Crippen molar-refractivity contribution in [2.75, 3.05) is 14.2 Å². The topological polar surface area (TPSA) is 51.5 Å². The molecular weight excluding hydrogens is 311 g/mol. The van der Waals surface area contributed by atoms with Gasteiger partial charge in [0.25, 0.3) is 0 Å². The van der Waals surface area contributed by atoms with Crippen molar-refractivity contribution in [3.8, 4) is 34.4 Å². The first kappa shape index (κ1) is 16.5. The maximum absolute atomic E-state index is 12.4. The monoisotopic (exact) mass is 323 g/mol. The lowest BCUT2D eigenvalue weighted by molar-refractivity contribution is -0.274. The first-order chi connectivity index (χ1) is 10.9. The van der Waals surface area contributed by atoms with Crippen LogP contribution in [-0.4, -0.2) is 20.6 Å². The van der Waals surface area contributed by atoms with Gasteiger partial charge in [0, 0.05) is 11.1 Å². The van der Waals surface area contributed by atoms with E-state index >= 15 is 0 Å². The zero-order valence-electron chi connectivity index (χ0n) is 12.3. The fraction of sp³-hybridized carbons (Fsp3) is 0.188. The Morgan fingerprint density at radius 1 is 0.913 bits per heavy atom. The average molecular weight is 323 g/mol. The van der Waals surface area contributed by atoms with Crippen LogP contribution < -0.4 is 14.2 Å². The van der Waals surface area contributed by atoms with Gasteiger partial charge in [-0.3, -0.25) is 0 Å². The molecule has 0 spiro atoms. The predicted molar refractivity (Wildman–Crippen MR) is 76.4 cm³/mol. The molecule has 0 N–H and O–H groups in total. The fourth-order valence-corrected chi connectivity index (χ4v) is 2.07. The van der Waals surface area contributed by atoms with Crippen LogP contribution in [0.1, 0.15) is 5.56 Å². The van der Waals surface area contributed by atoms with Gasteiger partial charge in [0.1, 0.15) is 17.2 Å². The number of alkyl halides is 3. The van der Waals surface area contributed by atoms with Gasteiger partial charge in [-0.25, -0.2) is 0 Å². The molecule has 0 aliphatic carbocycles. The van der Waals surface area contributed by atoms with Crippen LogP contribution in [0, 0.1) is 11.3 Å². The molecule has 2 aromatic carbocycles. The molecule has 120 valence electrons. The Morgan fingerprint density at radius 3 is 2.13 bits per heavy atom. The Hall–Kier alpha value is -2.88. The van der Waals surface area contributed by atoms with Crippen molar-refractivity contribution in [1.29, 1.82) is 5.26 Å². The molecule has 0 atom stereocenters. The van der Waals surface area contributed by atoms with Crippen LogP contribution in [0.5, 0.6) is 17.2 Å². The van der Waals surface area contributed by atoms with Crippen molar-refractivity contribution < 1.29 is 27.4 Å². The summed E-state index contributed by atoms with van der Waals surface area (Å²) in [6, 6.07) is 10.2. The molecule has 0 saturated heterocycles. The third-order valence-electron chi connectivity index (χ3n) is 3.04. The van der Waals surface area contributed by atoms with Gasteiger partial charge in [0.2, 0.25) is 0 Å². The lowest BCUT2D eigenvalue weighted by atomic mass is 9.99. The Labute approximate surface area is 130 Å². The minimum absolute atomic E-state index is 0.186. The predicted octanol–water partition coefficient (Wildman–Crippen LogP) is 4.14. The molecule has 2 aromatic rings. The number of methoxy groups -OCH3 is 2. The number of nitriles is 1. The van der Waals surface area contributed by atoms with Gasteiger partial charge in [-0.2, -0.15) is 5.26 Å². The highest BCUT2D eigenvalue weighted by Gasteiger charge is 2.31. The van der Waals surface area contributed by atoms with Crippen LogP contribution in [0.2, 0.25) is 0 Å². The van der Waals surface area contributed by atoms with Crippen molar-refractivity contribution in [1.82, 2.24) is 0 Å². The van der Waals surface area contributed by atoms with E-state index in [2.05, 4.69) is 4.74 Å². The molecule has 0 aromatic heterocycles. The minimum Gasteiger partial charge on any atom is -0.497 e. The van der Waals surface area contributed by atoms with Crippen LogP contribution in [0.3, 0.4) is 0 Å². The summed E-state index contributed by atoms with van der Waals surface area (Å²) in [5, 5.41) is 9.21. The highest BCUT2D eigenvalue weighted by atomic mass is 19.4. The van der Waals surface area contributed by atoms with E-state index in [9.17, 15) is 18.4 Å². The lowest BCUT2D eigenvalue weighted by Gasteiger charge is -2.14. The van der Waals surface area contributed by atoms with Crippen molar-refractivity contribution >= 4 is 0 Å². The normalized spacial score (nSPS) is 10.8. The van der Waals surface area contributed by atoms with Gasteiger partial charge < -0.3 is 14.2 Å². The van der Waals surface area contributed by atoms with E-state index in [1.54, 1.807) is 18.2 Å². The SMILES string of the molecule is COc1ccc(OC)c(-c2cc(OC(F)(F)F)ccc2C#N)c1. The van der Waals surface area contributed by atoms with Crippen LogP contribution in [0.15, 0.2) is 36.4 Å². The number of hydrogen-bond donors (Lipinski definition) is 0. The average Bonchev–Trinajstić information content (AvgIpc) is 2.52. The molecule has 2 rings (SSSR count). The summed E-state index contributed by atoms with van der Waals surface area (Å²) in [5.41, 5.74) is 0.868. The maximum atomic E-state index is 12.4. The summed E-state index contributed by atoms with van der Waals surface area (Å²) in [4.78, 5) is 0. The van der Waals surface area contributed by atoms with Gasteiger partial charge in [0.15, 0.2) is 0 Å². The van der Waals surface area contributed by atoms with Gasteiger partial charge in [-0.15, -0.1) is 13.2 Å². The molecule has 0 bridgehead atoms. The van der Waals surface area contributed by atoms with Crippen LogP contribution in [0.4, 0.5) is 13.2 Å². The number of benzene rings is 2. The number of rotatable bonds is 4. The molecular formula is C16H12F3NO3. The zero-order chi connectivity index (χ0) is 17.0. The number of halogens is 3. The standard InChI is InChI=1S/C16H12F3NO3/c1-21-11-5-6-15(22-2)14(7-11)13-8-12(23-16(17,18)19)4-3-10(13)9-20/h3-8H,1-2H3. The Balaban J connectivity index is 2.61. The number of nitrogens with zero attached hydrogens (tertiary/aromatic N) is 1. The molecule has 0 fully saturated rings. The van der Waals surface area contributed by atoms with Crippen molar-refractivity contribution in [2.45, 2.75) is 6.36 Å². The van der Waals surface area contributed by atoms with Crippen molar-refractivity contribution in [3.63, 3.8) is 0 Å². The molecule has 0 amide bonds. The van der Waals surface area contributed by atoms with E-state index in [4.69, 9.17) is 9.47 Å². The summed E-state index contributed by atoms with van der Waals surface area (Å²) in [6.07, 6.45) is -4.82. The van der Waals surface area contributed by atoms with Gasteiger partial charge in [0.05, 0.1) is 25.9 Å². The molecule has 0 radical (unpaired) electrons. The van der Waals surface area contributed by atoms with E-state index in [0.29, 0.717) is 17.1 Å². The minimum atomic E-state index is -4.82. The molecule has 0 aliphatic heterocycles. The number of hydrogen-bond acceptors (Lipinski definition) is 4. The maximum Gasteiger partial charge on any atom is 0.573 e. The number of ether oxygens (including phenoxy) is 3. The quantitative estimate of drug-likeness (QED) is 0.848. The molecule has 0 aliphatic rings. The largest absolute Gasteiger partial charge is 0.573 e. The zero-order valence-corrected chi connectivity index (χ0v) is 12.3. The molecule has 0 unspecified atom stereocenters. The summed E-state index contributed by atoms with van der Waals surface area (Å²) < 4.78 is 51.4. The molecule has 7 heteroatoms. The van der Waals surface area contributed by atoms with Gasteiger partial charge in [-0.05, 0) is 36.4 Å². The first-order valence-electron chi connectivity index (χ1n) is 6.40. The highest BCUT2D eigenvalue weighted by molar-refractivity contribution is 5.78. The van der Waals surface area contributed by atoms with E-state index in [1.165, 1.54) is 20.3 Å². The summed E-state index contributed by atoms with van der Waals surface area (Å²) in [6.45, 7) is 0. The Kier molecular flexibility index (Phi) is 4.65. The third-order valence-corrected chi connectivity index (χ3v) is 3.04. The lowest BCUT2D eigenvalue weighted by Crippen LogP contribution is -2.17. The van der Waals surface area contributed by atoms with E-state index in [1.807, 2.05) is 6.07 Å². The molecule has 4 nitrogen and oxygen atoms in total. The van der Waals surface area contributed by atoms with Crippen LogP contribution in [0.25, 0.3) is 11.1 Å².